The zero-order chi connectivity index (χ0) is 9.00. The molecule has 12 heteroatoms. The van der Waals surface area contributed by atoms with E-state index in [9.17, 15) is 0 Å². The molecule has 0 aromatic carbocycles. The largest absolute Gasteiger partial charge is 2.00 e. The molecule has 0 aliphatic carbocycles. The average Bonchev–Trinajstić information content (AvgIpc) is 1.12. The van der Waals surface area contributed by atoms with Gasteiger partial charge in [-0.2, -0.15) is 0 Å². The van der Waals surface area contributed by atoms with Crippen LogP contribution in [0.5, 0.6) is 0 Å². The van der Waals surface area contributed by atoms with Crippen LogP contribution in [-0.2, 0) is 0 Å². The van der Waals surface area contributed by atoms with Gasteiger partial charge in [-0.1, -0.05) is 0 Å². The molecule has 5 N–H and O–H groups in total. The third kappa shape index (κ3) is 398. The van der Waals surface area contributed by atoms with Crippen molar-refractivity contribution in [2.75, 3.05) is 0 Å². The fourth-order valence-electron chi connectivity index (χ4n) is 0. The minimum atomic E-state index is -5.36. The molecular weight excluding hydrogens is 231 g/mol. The second-order valence-electron chi connectivity index (χ2n) is 1.12. The Morgan fingerprint density at radius 2 is 0.750 bits per heavy atom. The molecule has 0 heterocycles. The Hall–Kier alpha value is 1.88. The molecule has 0 saturated carbocycles. The Labute approximate surface area is 108 Å². The molecule has 0 fully saturated rings. The van der Waals surface area contributed by atoms with Crippen LogP contribution in [0.4, 0.5) is 0 Å². The van der Waals surface area contributed by atoms with Crippen LogP contribution in [0.2, 0.25) is 0 Å². The molecule has 0 atom stereocenters. The van der Waals surface area contributed by atoms with Crippen LogP contribution in [0.1, 0.15) is 0 Å². The summed E-state index contributed by atoms with van der Waals surface area (Å²) in [4.78, 5) is 62.4. The first-order valence-electron chi connectivity index (χ1n) is 1.73. The van der Waals surface area contributed by atoms with E-state index < -0.39 is 18.1 Å². The number of hydrogen-bond acceptors (Lipinski definition) is 8. The first-order chi connectivity index (χ1) is 4.00. The van der Waals surface area contributed by atoms with Crippen LogP contribution in [0.15, 0.2) is 0 Å². The van der Waals surface area contributed by atoms with Crippen LogP contribution in [0, 0.1) is 0 Å². The van der Waals surface area contributed by atoms with Crippen molar-refractivity contribution >= 4 is 41.1 Å². The van der Waals surface area contributed by atoms with Crippen LogP contribution < -0.4 is 43.9 Å². The van der Waals surface area contributed by atoms with Crippen molar-refractivity contribution in [2.24, 2.45) is 0 Å². The first-order valence-corrected chi connectivity index (χ1v) is 5.19. The average molecular weight is 236 g/mol. The third-order valence-corrected chi connectivity index (χ3v) is 0. The molecule has 0 radical (unpaired) electrons. The molecule has 0 bridgehead atoms. The number of rotatable bonds is 0. The minimum Gasteiger partial charge on any atom is -0.861 e. The predicted molar refractivity (Wildman–Crippen MR) is 28.4 cm³/mol. The Balaban J connectivity index is -0.0000000457. The van der Waals surface area contributed by atoms with Gasteiger partial charge in [0, 0.05) is 0 Å². The Bertz CT molecular complexity index is 60.0. The van der Waals surface area contributed by atoms with Crippen molar-refractivity contribution in [3.05, 3.63) is 0 Å². The van der Waals surface area contributed by atoms with Crippen molar-refractivity contribution in [3.63, 3.8) is 0 Å². The molecule has 0 aromatic heterocycles. The molecule has 0 aliphatic rings. The van der Waals surface area contributed by atoms with E-state index in [1.54, 1.807) is 0 Å². The summed E-state index contributed by atoms with van der Waals surface area (Å²) >= 11 is 0. The summed E-state index contributed by atoms with van der Waals surface area (Å²) in [6.45, 7) is 0. The molecule has 0 rings (SSSR count). The molecule has 12 heavy (non-hydrogen) atoms. The number of hydrogen-bond donors (Lipinski definition) is 5. The van der Waals surface area contributed by atoms with E-state index in [2.05, 4.69) is 0 Å². The maximum Gasteiger partial charge on any atom is 2.00 e. The normalized spacial score (nSPS) is 10.0. The van der Waals surface area contributed by atoms with Gasteiger partial charge in [0.2, 0.25) is 0 Å². The van der Waals surface area contributed by atoms with Crippen molar-refractivity contribution in [3.8, 4) is 0 Å². The van der Waals surface area contributed by atoms with Gasteiger partial charge in [-0.3, -0.25) is 0 Å². The van der Waals surface area contributed by atoms with Gasteiger partial charge in [0.1, 0.15) is 0 Å². The van der Waals surface area contributed by atoms with Gasteiger partial charge < -0.3 is 38.4 Å². The smallest absolute Gasteiger partial charge is 0.861 e. The van der Waals surface area contributed by atoms with Crippen molar-refractivity contribution in [2.45, 2.75) is 0 Å². The van der Waals surface area contributed by atoms with E-state index in [0.29, 0.717) is 0 Å². The van der Waals surface area contributed by atoms with E-state index >= 15 is 0 Å². The fourth-order valence-corrected chi connectivity index (χ4v) is 0. The maximum absolute atomic E-state index is 8.69. The van der Waals surface area contributed by atoms with Gasteiger partial charge in [-0.15, -0.1) is 9.05 Å². The Morgan fingerprint density at radius 3 is 0.750 bits per heavy atom. The maximum atomic E-state index is 8.69. The van der Waals surface area contributed by atoms with Gasteiger partial charge >= 0.3 is 61.7 Å². The van der Waals surface area contributed by atoms with Crippen molar-refractivity contribution < 1.29 is 67.9 Å². The summed E-state index contributed by atoms with van der Waals surface area (Å²) in [5, 5.41) is 0. The first kappa shape index (κ1) is 23.6. The van der Waals surface area contributed by atoms with Crippen LogP contribution in [-0.4, -0.2) is 65.1 Å². The second-order valence-corrected chi connectivity index (χ2v) is 3.37. The zero-order valence-corrected chi connectivity index (χ0v) is 11.6. The minimum absolute atomic E-state index is 0. The molecular formula is H5MgNaO8Si2. The molecule has 64 valence electrons. The summed E-state index contributed by atoms with van der Waals surface area (Å²) in [7, 11) is -9.97. The van der Waals surface area contributed by atoms with E-state index in [-0.39, 0.29) is 52.6 Å². The standard InChI is InChI=1S/Mg.Na.H4O4Si.HO4Si/c;;2*1-5(2,3)4/h;;1-4H;1H/q+2;+1;;-3. The molecule has 0 spiro atoms. The zero-order valence-electron chi connectivity index (χ0n) is 6.17. The fraction of sp³-hybridized carbons (Fsp3) is 0. The molecule has 0 saturated heterocycles. The van der Waals surface area contributed by atoms with Crippen molar-refractivity contribution in [1.82, 2.24) is 0 Å². The third-order valence-electron chi connectivity index (χ3n) is 0. The van der Waals surface area contributed by atoms with Gasteiger partial charge in [0.05, 0.1) is 0 Å². The van der Waals surface area contributed by atoms with Crippen LogP contribution in [0.3, 0.4) is 0 Å². The van der Waals surface area contributed by atoms with E-state index in [1.807, 2.05) is 0 Å². The molecule has 0 aliphatic heterocycles. The topological polar surface area (TPSA) is 170 Å². The summed E-state index contributed by atoms with van der Waals surface area (Å²) in [6, 6.07) is 0. The van der Waals surface area contributed by atoms with Gasteiger partial charge in [0.15, 0.2) is 0 Å². The SMILES string of the molecule is O[Si](O)(O)O.[Mg+2].[Na+].[O-][Si]([O-])([O-])O. The van der Waals surface area contributed by atoms with Gasteiger partial charge in [0.25, 0.3) is 0 Å². The van der Waals surface area contributed by atoms with E-state index in [0.717, 1.165) is 0 Å². The quantitative estimate of drug-likeness (QED) is 0.258. The summed E-state index contributed by atoms with van der Waals surface area (Å²) < 4.78 is 0. The molecule has 0 aromatic rings. The van der Waals surface area contributed by atoms with Crippen LogP contribution in [0.25, 0.3) is 0 Å². The summed E-state index contributed by atoms with van der Waals surface area (Å²) in [5.74, 6) is 0. The summed E-state index contributed by atoms with van der Waals surface area (Å²) in [6.07, 6.45) is 0. The van der Waals surface area contributed by atoms with Crippen molar-refractivity contribution in [1.29, 1.82) is 0 Å². The molecule has 0 amide bonds. The van der Waals surface area contributed by atoms with Gasteiger partial charge in [-0.05, 0) is 0 Å². The molecule has 8 nitrogen and oxygen atoms in total. The Morgan fingerprint density at radius 1 is 0.750 bits per heavy atom. The monoisotopic (exact) mass is 236 g/mol. The second kappa shape index (κ2) is 9.44. The van der Waals surface area contributed by atoms with Gasteiger partial charge in [-0.25, -0.2) is 0 Å². The van der Waals surface area contributed by atoms with E-state index in [1.165, 1.54) is 0 Å². The van der Waals surface area contributed by atoms with E-state index in [4.69, 9.17) is 38.4 Å². The molecule has 0 unspecified atom stereocenters. The van der Waals surface area contributed by atoms with Crippen LogP contribution >= 0.6 is 0 Å². The Kier molecular flexibility index (Phi) is 18.5. The summed E-state index contributed by atoms with van der Waals surface area (Å²) in [5.41, 5.74) is 0. The predicted octanol–water partition coefficient (Wildman–Crippen LogP) is -10.5.